The topological polar surface area (TPSA) is 60.8 Å². The SMILES string of the molecule is COC(=O)C1(C(=O)OC)C[C@H]2Cn3cccc3[C@@H]1N2c1ccc(C)cc1. The number of anilines is 1. The van der Waals surface area contributed by atoms with Gasteiger partial charge < -0.3 is 18.9 Å². The van der Waals surface area contributed by atoms with E-state index >= 15 is 0 Å². The van der Waals surface area contributed by atoms with E-state index in [0.29, 0.717) is 13.0 Å². The lowest BCUT2D eigenvalue weighted by molar-refractivity contribution is -0.170. The van der Waals surface area contributed by atoms with E-state index in [2.05, 4.69) is 9.47 Å². The number of aryl methyl sites for hydroxylation is 1. The van der Waals surface area contributed by atoms with Crippen molar-refractivity contribution < 1.29 is 19.1 Å². The highest BCUT2D eigenvalue weighted by molar-refractivity contribution is 6.02. The monoisotopic (exact) mass is 354 g/mol. The largest absolute Gasteiger partial charge is 0.468 e. The molecular formula is C20H22N2O4. The molecular weight excluding hydrogens is 332 g/mol. The minimum Gasteiger partial charge on any atom is -0.468 e. The molecule has 2 bridgehead atoms. The Morgan fingerprint density at radius 2 is 1.73 bits per heavy atom. The van der Waals surface area contributed by atoms with Gasteiger partial charge in [-0.25, -0.2) is 0 Å². The Morgan fingerprint density at radius 1 is 1.08 bits per heavy atom. The summed E-state index contributed by atoms with van der Waals surface area (Å²) in [6.07, 6.45) is 2.36. The van der Waals surface area contributed by atoms with Crippen molar-refractivity contribution in [1.29, 1.82) is 0 Å². The zero-order valence-corrected chi connectivity index (χ0v) is 15.1. The van der Waals surface area contributed by atoms with Crippen LogP contribution in [0.5, 0.6) is 0 Å². The Balaban J connectivity index is 1.92. The van der Waals surface area contributed by atoms with Gasteiger partial charge in [0.25, 0.3) is 0 Å². The van der Waals surface area contributed by atoms with Crippen LogP contribution in [0.25, 0.3) is 0 Å². The molecule has 0 N–H and O–H groups in total. The fraction of sp³-hybridized carbons (Fsp3) is 0.400. The van der Waals surface area contributed by atoms with Crippen molar-refractivity contribution >= 4 is 17.6 Å². The number of hydrogen-bond acceptors (Lipinski definition) is 5. The molecule has 6 nitrogen and oxygen atoms in total. The first kappa shape index (κ1) is 16.7. The van der Waals surface area contributed by atoms with Crippen LogP contribution in [-0.2, 0) is 25.6 Å². The minimum absolute atomic E-state index is 0.000746. The maximum Gasteiger partial charge on any atom is 0.325 e. The fourth-order valence-electron chi connectivity index (χ4n) is 4.56. The van der Waals surface area contributed by atoms with Crippen molar-refractivity contribution in [2.24, 2.45) is 5.41 Å². The van der Waals surface area contributed by atoms with Gasteiger partial charge in [0.2, 0.25) is 0 Å². The molecule has 26 heavy (non-hydrogen) atoms. The third-order valence-electron chi connectivity index (χ3n) is 5.68. The van der Waals surface area contributed by atoms with Crippen molar-refractivity contribution in [3.8, 4) is 0 Å². The summed E-state index contributed by atoms with van der Waals surface area (Å²) in [5.41, 5.74) is 1.71. The number of hydrogen-bond donors (Lipinski definition) is 0. The molecule has 0 radical (unpaired) electrons. The number of methoxy groups -OCH3 is 2. The molecule has 1 aromatic carbocycles. The summed E-state index contributed by atoms with van der Waals surface area (Å²) >= 11 is 0. The summed E-state index contributed by atoms with van der Waals surface area (Å²) in [4.78, 5) is 27.9. The Bertz CT molecular complexity index is 839. The number of rotatable bonds is 3. The number of ether oxygens (including phenoxy) is 2. The third-order valence-corrected chi connectivity index (χ3v) is 5.68. The van der Waals surface area contributed by atoms with Gasteiger partial charge in [-0.1, -0.05) is 17.7 Å². The lowest BCUT2D eigenvalue weighted by atomic mass is 9.78. The lowest BCUT2D eigenvalue weighted by Crippen LogP contribution is -2.48. The maximum absolute atomic E-state index is 12.9. The molecule has 2 atom stereocenters. The highest BCUT2D eigenvalue weighted by atomic mass is 16.5. The molecule has 1 saturated heterocycles. The van der Waals surface area contributed by atoms with Crippen molar-refractivity contribution in [2.75, 3.05) is 19.1 Å². The van der Waals surface area contributed by atoms with Crippen LogP contribution < -0.4 is 4.90 Å². The van der Waals surface area contributed by atoms with Crippen molar-refractivity contribution in [3.05, 3.63) is 53.9 Å². The summed E-state index contributed by atoms with van der Waals surface area (Å²) in [6, 6.07) is 11.6. The summed E-state index contributed by atoms with van der Waals surface area (Å²) in [5.74, 6) is -1.08. The van der Waals surface area contributed by atoms with Crippen LogP contribution in [0.3, 0.4) is 0 Å². The number of esters is 2. The zero-order valence-electron chi connectivity index (χ0n) is 15.1. The summed E-state index contributed by atoms with van der Waals surface area (Å²) in [7, 11) is 2.65. The molecule has 0 aliphatic carbocycles. The molecule has 136 valence electrons. The smallest absolute Gasteiger partial charge is 0.325 e. The van der Waals surface area contributed by atoms with Crippen LogP contribution in [-0.4, -0.2) is 36.8 Å². The molecule has 0 unspecified atom stereocenters. The zero-order chi connectivity index (χ0) is 18.5. The van der Waals surface area contributed by atoms with Crippen molar-refractivity contribution in [1.82, 2.24) is 4.57 Å². The predicted octanol–water partition coefficient (Wildman–Crippen LogP) is 2.46. The molecule has 6 heteroatoms. The van der Waals surface area contributed by atoms with E-state index in [1.165, 1.54) is 14.2 Å². The van der Waals surface area contributed by atoms with Crippen LogP contribution >= 0.6 is 0 Å². The summed E-state index contributed by atoms with van der Waals surface area (Å²) in [5, 5.41) is 0. The van der Waals surface area contributed by atoms with Gasteiger partial charge in [-0.05, 0) is 37.6 Å². The molecule has 2 aromatic rings. The van der Waals surface area contributed by atoms with E-state index in [-0.39, 0.29) is 6.04 Å². The average Bonchev–Trinajstić information content (AvgIpc) is 3.22. The highest BCUT2D eigenvalue weighted by Crippen LogP contribution is 2.56. The Hall–Kier alpha value is -2.76. The van der Waals surface area contributed by atoms with E-state index in [9.17, 15) is 9.59 Å². The fourth-order valence-corrected chi connectivity index (χ4v) is 4.56. The van der Waals surface area contributed by atoms with Gasteiger partial charge >= 0.3 is 11.9 Å². The molecule has 2 aliphatic rings. The van der Waals surface area contributed by atoms with Crippen LogP contribution in [0.1, 0.15) is 23.7 Å². The number of carbonyl (C=O) groups is 2. The Morgan fingerprint density at radius 3 is 2.35 bits per heavy atom. The first-order chi connectivity index (χ1) is 12.5. The lowest BCUT2D eigenvalue weighted by Gasteiger charge is -2.40. The molecule has 0 saturated carbocycles. The van der Waals surface area contributed by atoms with Crippen molar-refractivity contribution in [3.63, 3.8) is 0 Å². The van der Waals surface area contributed by atoms with E-state index < -0.39 is 23.4 Å². The number of aromatic nitrogens is 1. The minimum atomic E-state index is -1.37. The molecule has 2 aliphatic heterocycles. The standard InChI is InChI=1S/C20H22N2O4/c1-13-6-8-14(9-7-13)22-15-11-20(18(23)25-2,19(24)26-3)17(22)16-5-4-10-21(16)12-15/h4-10,15,17H,11-12H2,1-3H3/t15-,17-/m0/s1. The molecule has 0 amide bonds. The summed E-state index contributed by atoms with van der Waals surface area (Å²) in [6.45, 7) is 2.75. The van der Waals surface area contributed by atoms with Gasteiger partial charge in [0, 0.05) is 30.2 Å². The molecule has 1 aromatic heterocycles. The first-order valence-electron chi connectivity index (χ1n) is 8.70. The maximum atomic E-state index is 12.9. The third kappa shape index (κ3) is 2.11. The second-order valence-electron chi connectivity index (χ2n) is 7.04. The van der Waals surface area contributed by atoms with Crippen LogP contribution in [0.4, 0.5) is 5.69 Å². The Kier molecular flexibility index (Phi) is 3.79. The van der Waals surface area contributed by atoms with Gasteiger partial charge in [0.05, 0.1) is 20.3 Å². The quantitative estimate of drug-likeness (QED) is 0.626. The van der Waals surface area contributed by atoms with Crippen LogP contribution in [0, 0.1) is 12.3 Å². The molecule has 0 spiro atoms. The van der Waals surface area contributed by atoms with Gasteiger partial charge in [0.15, 0.2) is 5.41 Å². The Labute approximate surface area is 152 Å². The number of nitrogens with zero attached hydrogens (tertiary/aromatic N) is 2. The highest BCUT2D eigenvalue weighted by Gasteiger charge is 2.66. The second kappa shape index (κ2) is 5.90. The van der Waals surface area contributed by atoms with Crippen molar-refractivity contribution in [2.45, 2.75) is 32.0 Å². The van der Waals surface area contributed by atoms with E-state index in [4.69, 9.17) is 9.47 Å². The van der Waals surface area contributed by atoms with Gasteiger partial charge in [-0.3, -0.25) is 9.59 Å². The molecule has 3 heterocycles. The predicted molar refractivity (Wildman–Crippen MR) is 95.7 cm³/mol. The van der Waals surface area contributed by atoms with Gasteiger partial charge in [-0.2, -0.15) is 0 Å². The number of carbonyl (C=O) groups excluding carboxylic acids is 2. The van der Waals surface area contributed by atoms with E-state index in [0.717, 1.165) is 16.9 Å². The van der Waals surface area contributed by atoms with Gasteiger partial charge in [0.1, 0.15) is 0 Å². The normalized spacial score (nSPS) is 22.7. The molecule has 1 fully saturated rings. The van der Waals surface area contributed by atoms with E-state index in [1.807, 2.05) is 49.5 Å². The summed E-state index contributed by atoms with van der Waals surface area (Å²) < 4.78 is 12.3. The second-order valence-corrected chi connectivity index (χ2v) is 7.04. The first-order valence-corrected chi connectivity index (χ1v) is 8.70. The van der Waals surface area contributed by atoms with Crippen LogP contribution in [0.2, 0.25) is 0 Å². The van der Waals surface area contributed by atoms with E-state index in [1.54, 1.807) is 0 Å². The average molecular weight is 354 g/mol. The van der Waals surface area contributed by atoms with Gasteiger partial charge in [-0.15, -0.1) is 0 Å². The number of fused-ring (bicyclic) bond motifs is 4. The number of benzene rings is 1. The molecule has 4 rings (SSSR count). The van der Waals surface area contributed by atoms with Crippen LogP contribution in [0.15, 0.2) is 42.6 Å².